The summed E-state index contributed by atoms with van der Waals surface area (Å²) in [6.07, 6.45) is 3.65. The van der Waals surface area contributed by atoms with E-state index in [9.17, 15) is 13.6 Å². The third-order valence-corrected chi connectivity index (χ3v) is 5.09. The highest BCUT2D eigenvalue weighted by atomic mass is 19.1. The third-order valence-electron chi connectivity index (χ3n) is 5.09. The van der Waals surface area contributed by atoms with Crippen LogP contribution in [-0.2, 0) is 4.79 Å². The molecule has 2 heterocycles. The molecule has 3 rings (SSSR count). The first kappa shape index (κ1) is 19.4. The largest absolute Gasteiger partial charge is 0.322 e. The number of halogens is 2. The topological polar surface area (TPSA) is 63.1 Å². The lowest BCUT2D eigenvalue weighted by atomic mass is 9.95. The minimum Gasteiger partial charge on any atom is -0.322 e. The second-order valence-electron chi connectivity index (χ2n) is 7.31. The van der Waals surface area contributed by atoms with Gasteiger partial charge in [-0.25, -0.2) is 8.78 Å². The van der Waals surface area contributed by atoms with Crippen molar-refractivity contribution in [2.75, 3.05) is 18.4 Å². The Morgan fingerprint density at radius 2 is 2.07 bits per heavy atom. The van der Waals surface area contributed by atoms with Gasteiger partial charge in [-0.05, 0) is 52.3 Å². The number of nitrogens with one attached hydrogen (secondary N) is 1. The van der Waals surface area contributed by atoms with Gasteiger partial charge in [0.25, 0.3) is 0 Å². The molecule has 1 amide bonds. The molecular weight excluding hydrogens is 352 g/mol. The summed E-state index contributed by atoms with van der Waals surface area (Å²) < 4.78 is 29.2. The third kappa shape index (κ3) is 4.32. The number of likely N-dealkylation sites (tertiary alicyclic amines) is 1. The fraction of sp³-hybridized carbons (Fsp3) is 0.526. The summed E-state index contributed by atoms with van der Waals surface area (Å²) in [5.74, 6) is -0.488. The van der Waals surface area contributed by atoms with Crippen molar-refractivity contribution >= 4 is 11.6 Å². The van der Waals surface area contributed by atoms with Crippen LogP contribution in [0.4, 0.5) is 14.5 Å². The van der Waals surface area contributed by atoms with Gasteiger partial charge in [0.05, 0.1) is 11.7 Å². The van der Waals surface area contributed by atoms with Crippen LogP contribution in [0.1, 0.15) is 51.4 Å². The van der Waals surface area contributed by atoms with Gasteiger partial charge in [-0.15, -0.1) is 10.2 Å². The Kier molecular flexibility index (Phi) is 5.84. The van der Waals surface area contributed by atoms with E-state index in [1.165, 1.54) is 0 Å². The van der Waals surface area contributed by atoms with Crippen LogP contribution in [0.5, 0.6) is 0 Å². The quantitative estimate of drug-likeness (QED) is 0.868. The van der Waals surface area contributed by atoms with Crippen LogP contribution in [0.3, 0.4) is 0 Å². The molecule has 6 nitrogen and oxygen atoms in total. The van der Waals surface area contributed by atoms with Gasteiger partial charge in [0.1, 0.15) is 23.8 Å². The molecule has 1 aliphatic heterocycles. The molecule has 0 radical (unpaired) electrons. The monoisotopic (exact) mass is 377 g/mol. The van der Waals surface area contributed by atoms with E-state index in [0.29, 0.717) is 6.54 Å². The maximum Gasteiger partial charge on any atom is 0.241 e. The van der Waals surface area contributed by atoms with Crippen LogP contribution in [0.25, 0.3) is 0 Å². The van der Waals surface area contributed by atoms with Crippen molar-refractivity contribution < 1.29 is 13.6 Å². The molecule has 146 valence electrons. The predicted molar refractivity (Wildman–Crippen MR) is 98.4 cm³/mol. The van der Waals surface area contributed by atoms with Crippen LogP contribution >= 0.6 is 0 Å². The first-order valence-corrected chi connectivity index (χ1v) is 9.26. The van der Waals surface area contributed by atoms with Crippen LogP contribution in [0.2, 0.25) is 0 Å². The SMILES string of the molecule is CC(C(=O)Nc1cc(F)ccc1F)N1CCCC(c2nncn2C(C)C)C1. The summed E-state index contributed by atoms with van der Waals surface area (Å²) in [6.45, 7) is 7.38. The summed E-state index contributed by atoms with van der Waals surface area (Å²) in [6, 6.07) is 2.82. The minimum atomic E-state index is -0.654. The molecule has 2 aromatic rings. The van der Waals surface area contributed by atoms with Crippen molar-refractivity contribution in [1.29, 1.82) is 0 Å². The highest BCUT2D eigenvalue weighted by Gasteiger charge is 2.31. The molecule has 1 fully saturated rings. The maximum absolute atomic E-state index is 13.8. The predicted octanol–water partition coefficient (Wildman–Crippen LogP) is 3.34. The van der Waals surface area contributed by atoms with Crippen molar-refractivity contribution in [2.45, 2.75) is 51.6 Å². The molecule has 1 aliphatic rings. The number of amides is 1. The van der Waals surface area contributed by atoms with Crippen LogP contribution in [0.15, 0.2) is 24.5 Å². The van der Waals surface area contributed by atoms with Crippen molar-refractivity contribution in [3.63, 3.8) is 0 Å². The van der Waals surface area contributed by atoms with Gasteiger partial charge in [-0.2, -0.15) is 0 Å². The number of aromatic nitrogens is 3. The van der Waals surface area contributed by atoms with Crippen LogP contribution < -0.4 is 5.32 Å². The molecule has 1 N–H and O–H groups in total. The zero-order chi connectivity index (χ0) is 19.6. The van der Waals surface area contributed by atoms with Crippen molar-refractivity contribution in [3.05, 3.63) is 42.0 Å². The lowest BCUT2D eigenvalue weighted by Crippen LogP contribution is -2.47. The van der Waals surface area contributed by atoms with E-state index in [0.717, 1.165) is 43.4 Å². The van der Waals surface area contributed by atoms with Gasteiger partial charge in [-0.3, -0.25) is 9.69 Å². The fourth-order valence-corrected chi connectivity index (χ4v) is 3.51. The van der Waals surface area contributed by atoms with Crippen LogP contribution in [-0.4, -0.2) is 44.7 Å². The molecule has 2 atom stereocenters. The van der Waals surface area contributed by atoms with Gasteiger partial charge in [0.15, 0.2) is 0 Å². The smallest absolute Gasteiger partial charge is 0.241 e. The summed E-state index contributed by atoms with van der Waals surface area (Å²) in [4.78, 5) is 14.6. The van der Waals surface area contributed by atoms with E-state index in [2.05, 4.69) is 38.8 Å². The number of hydrogen-bond acceptors (Lipinski definition) is 4. The summed E-state index contributed by atoms with van der Waals surface area (Å²) in [5, 5.41) is 10.8. The molecule has 0 spiro atoms. The molecule has 1 aromatic carbocycles. The van der Waals surface area contributed by atoms with E-state index in [4.69, 9.17) is 0 Å². The van der Waals surface area contributed by atoms with Crippen LogP contribution in [0, 0.1) is 11.6 Å². The van der Waals surface area contributed by atoms with E-state index >= 15 is 0 Å². The van der Waals surface area contributed by atoms with Gasteiger partial charge < -0.3 is 9.88 Å². The molecular formula is C19H25F2N5O. The first-order valence-electron chi connectivity index (χ1n) is 9.26. The zero-order valence-electron chi connectivity index (χ0n) is 15.8. The molecule has 0 bridgehead atoms. The van der Waals surface area contributed by atoms with E-state index < -0.39 is 17.7 Å². The molecule has 8 heteroatoms. The Hall–Kier alpha value is -2.35. The van der Waals surface area contributed by atoms with Gasteiger partial charge in [-0.1, -0.05) is 0 Å². The van der Waals surface area contributed by atoms with E-state index in [1.54, 1.807) is 13.3 Å². The average Bonchev–Trinajstić information content (AvgIpc) is 3.14. The normalized spacial score (nSPS) is 19.3. The maximum atomic E-state index is 13.8. The number of carbonyl (C=O) groups excluding carboxylic acids is 1. The first-order chi connectivity index (χ1) is 12.9. The number of benzene rings is 1. The number of rotatable bonds is 5. The van der Waals surface area contributed by atoms with Crippen molar-refractivity contribution in [1.82, 2.24) is 19.7 Å². The van der Waals surface area contributed by atoms with Crippen molar-refractivity contribution in [3.8, 4) is 0 Å². The Bertz CT molecular complexity index is 807. The lowest BCUT2D eigenvalue weighted by Gasteiger charge is -2.36. The minimum absolute atomic E-state index is 0.139. The Morgan fingerprint density at radius 1 is 1.30 bits per heavy atom. The summed E-state index contributed by atoms with van der Waals surface area (Å²) in [5.41, 5.74) is -0.139. The Morgan fingerprint density at radius 3 is 2.81 bits per heavy atom. The second kappa shape index (κ2) is 8.12. The molecule has 1 aromatic heterocycles. The Labute approximate surface area is 157 Å². The Balaban J connectivity index is 1.69. The summed E-state index contributed by atoms with van der Waals surface area (Å²) in [7, 11) is 0. The number of anilines is 1. The summed E-state index contributed by atoms with van der Waals surface area (Å²) >= 11 is 0. The molecule has 1 saturated heterocycles. The lowest BCUT2D eigenvalue weighted by molar-refractivity contribution is -0.121. The number of nitrogens with zero attached hydrogens (tertiary/aromatic N) is 4. The second-order valence-corrected chi connectivity index (χ2v) is 7.31. The number of hydrogen-bond donors (Lipinski definition) is 1. The van der Waals surface area contributed by atoms with E-state index in [1.807, 2.05) is 0 Å². The molecule has 2 unspecified atom stereocenters. The van der Waals surface area contributed by atoms with Gasteiger partial charge in [0, 0.05) is 24.6 Å². The number of carbonyl (C=O) groups is 1. The molecule has 0 aliphatic carbocycles. The highest BCUT2D eigenvalue weighted by Crippen LogP contribution is 2.28. The number of piperidine rings is 1. The average molecular weight is 377 g/mol. The van der Waals surface area contributed by atoms with Gasteiger partial charge >= 0.3 is 0 Å². The van der Waals surface area contributed by atoms with E-state index in [-0.39, 0.29) is 23.6 Å². The zero-order valence-corrected chi connectivity index (χ0v) is 15.8. The fourth-order valence-electron chi connectivity index (χ4n) is 3.51. The standard InChI is InChI=1S/C19H25F2N5O/c1-12(2)26-11-22-24-18(26)14-5-4-8-25(10-14)13(3)19(27)23-17-9-15(20)6-7-16(17)21/h6-7,9,11-14H,4-5,8,10H2,1-3H3,(H,23,27). The molecule has 27 heavy (non-hydrogen) atoms. The van der Waals surface area contributed by atoms with Crippen molar-refractivity contribution in [2.24, 2.45) is 0 Å². The highest BCUT2D eigenvalue weighted by molar-refractivity contribution is 5.94. The molecule has 0 saturated carbocycles. The van der Waals surface area contributed by atoms with Gasteiger partial charge in [0.2, 0.25) is 5.91 Å².